The molecule has 1 aromatic carbocycles. The van der Waals surface area contributed by atoms with E-state index in [1.807, 2.05) is 6.07 Å². The highest BCUT2D eigenvalue weighted by Gasteiger charge is 2.06. The number of benzene rings is 1. The Morgan fingerprint density at radius 2 is 2.29 bits per heavy atom. The molecule has 0 spiro atoms. The van der Waals surface area contributed by atoms with E-state index in [4.69, 9.17) is 11.5 Å². The third-order valence-corrected chi connectivity index (χ3v) is 3.05. The molecule has 0 atom stereocenters. The molecule has 0 aliphatic heterocycles. The second kappa shape index (κ2) is 4.84. The minimum atomic E-state index is -0.524. The van der Waals surface area contributed by atoms with Crippen molar-refractivity contribution in [3.05, 3.63) is 40.3 Å². The molecule has 5 nitrogen and oxygen atoms in total. The maximum Gasteiger partial charge on any atom is 0.250 e. The molecule has 0 saturated heterocycles. The summed E-state index contributed by atoms with van der Waals surface area (Å²) in [5, 5.41) is 3.18. The number of primary amides is 1. The third kappa shape index (κ3) is 2.73. The lowest BCUT2D eigenvalue weighted by Crippen LogP contribution is -2.14. The van der Waals surface area contributed by atoms with Gasteiger partial charge >= 0.3 is 0 Å². The molecule has 0 aliphatic carbocycles. The number of aromatic nitrogens is 1. The number of nitrogen functional groups attached to an aromatic ring is 1. The normalized spacial score (nSPS) is 10.1. The first-order chi connectivity index (χ1) is 8.16. The van der Waals surface area contributed by atoms with Gasteiger partial charge in [0.25, 0.3) is 5.91 Å². The number of amides is 1. The van der Waals surface area contributed by atoms with E-state index in [1.54, 1.807) is 35.2 Å². The highest BCUT2D eigenvalue weighted by Crippen LogP contribution is 2.18. The molecule has 2 rings (SSSR count). The summed E-state index contributed by atoms with van der Waals surface area (Å²) in [6.07, 6.45) is 1.80. The number of anilines is 2. The van der Waals surface area contributed by atoms with Gasteiger partial charge in [0.15, 0.2) is 0 Å². The predicted molar refractivity (Wildman–Crippen MR) is 68.8 cm³/mol. The minimum absolute atomic E-state index is 0.333. The molecule has 2 aromatic rings. The number of carbonyl (C=O) groups is 1. The smallest absolute Gasteiger partial charge is 0.250 e. The maximum atomic E-state index is 11.1. The van der Waals surface area contributed by atoms with Gasteiger partial charge in [-0.25, -0.2) is 0 Å². The van der Waals surface area contributed by atoms with Gasteiger partial charge in [-0.05, 0) is 18.2 Å². The highest BCUT2D eigenvalue weighted by atomic mass is 32.1. The van der Waals surface area contributed by atoms with Crippen molar-refractivity contribution in [1.29, 1.82) is 0 Å². The van der Waals surface area contributed by atoms with Crippen LogP contribution in [0.1, 0.15) is 15.2 Å². The Morgan fingerprint density at radius 1 is 1.47 bits per heavy atom. The van der Waals surface area contributed by atoms with Crippen molar-refractivity contribution in [1.82, 2.24) is 4.98 Å². The van der Waals surface area contributed by atoms with E-state index in [9.17, 15) is 4.79 Å². The molecule has 0 radical (unpaired) electrons. The maximum absolute atomic E-state index is 11.1. The van der Waals surface area contributed by atoms with Crippen molar-refractivity contribution in [3.63, 3.8) is 0 Å². The van der Waals surface area contributed by atoms with Crippen LogP contribution in [0.5, 0.6) is 0 Å². The third-order valence-electron chi connectivity index (χ3n) is 2.27. The number of hydrogen-bond donors (Lipinski definition) is 3. The Morgan fingerprint density at radius 3 is 2.94 bits per heavy atom. The summed E-state index contributed by atoms with van der Waals surface area (Å²) in [4.78, 5) is 16.2. The lowest BCUT2D eigenvalue weighted by atomic mass is 10.1. The number of nitrogens with two attached hydrogens (primary N) is 2. The molecule has 5 N–H and O–H groups in total. The fraction of sp³-hybridized carbons (Fsp3) is 0.0909. The SMILES string of the molecule is NC(=O)c1cc(NCc2cncs2)ccc1N. The van der Waals surface area contributed by atoms with Crippen LogP contribution in [0.2, 0.25) is 0 Å². The average Bonchev–Trinajstić information content (AvgIpc) is 2.80. The van der Waals surface area contributed by atoms with Crippen molar-refractivity contribution in [2.75, 3.05) is 11.1 Å². The van der Waals surface area contributed by atoms with Gasteiger partial charge in [-0.3, -0.25) is 9.78 Å². The van der Waals surface area contributed by atoms with Crippen LogP contribution < -0.4 is 16.8 Å². The monoisotopic (exact) mass is 248 g/mol. The molecule has 1 aromatic heterocycles. The molecule has 0 fully saturated rings. The van der Waals surface area contributed by atoms with Gasteiger partial charge < -0.3 is 16.8 Å². The molecule has 0 saturated carbocycles. The first-order valence-corrected chi connectivity index (χ1v) is 5.85. The molecule has 0 bridgehead atoms. The van der Waals surface area contributed by atoms with E-state index < -0.39 is 5.91 Å². The molecule has 6 heteroatoms. The number of carbonyl (C=O) groups excluding carboxylic acids is 1. The van der Waals surface area contributed by atoms with Gasteiger partial charge in [-0.2, -0.15) is 0 Å². The van der Waals surface area contributed by atoms with E-state index >= 15 is 0 Å². The van der Waals surface area contributed by atoms with E-state index in [1.165, 1.54) is 0 Å². The second-order valence-electron chi connectivity index (χ2n) is 3.49. The van der Waals surface area contributed by atoms with Crippen molar-refractivity contribution in [3.8, 4) is 0 Å². The zero-order chi connectivity index (χ0) is 12.3. The molecule has 0 aliphatic rings. The highest BCUT2D eigenvalue weighted by molar-refractivity contribution is 7.09. The molecular formula is C11H12N4OS. The average molecular weight is 248 g/mol. The number of thiazole rings is 1. The summed E-state index contributed by atoms with van der Waals surface area (Å²) >= 11 is 1.57. The zero-order valence-electron chi connectivity index (χ0n) is 9.01. The van der Waals surface area contributed by atoms with E-state index in [0.29, 0.717) is 17.8 Å². The Balaban J connectivity index is 2.11. The summed E-state index contributed by atoms with van der Waals surface area (Å²) in [7, 11) is 0. The van der Waals surface area contributed by atoms with Crippen molar-refractivity contribution >= 4 is 28.6 Å². The molecule has 88 valence electrons. The molecule has 1 heterocycles. The number of hydrogen-bond acceptors (Lipinski definition) is 5. The Bertz CT molecular complexity index is 524. The second-order valence-corrected chi connectivity index (χ2v) is 4.46. The Kier molecular flexibility index (Phi) is 3.24. The van der Waals surface area contributed by atoms with Crippen LogP contribution in [0.15, 0.2) is 29.9 Å². The van der Waals surface area contributed by atoms with Crippen LogP contribution in [0.3, 0.4) is 0 Å². The van der Waals surface area contributed by atoms with Crippen LogP contribution in [0, 0.1) is 0 Å². The van der Waals surface area contributed by atoms with Gasteiger partial charge in [0.1, 0.15) is 0 Å². The van der Waals surface area contributed by atoms with Crippen molar-refractivity contribution in [2.45, 2.75) is 6.54 Å². The van der Waals surface area contributed by atoms with Crippen molar-refractivity contribution in [2.24, 2.45) is 5.73 Å². The summed E-state index contributed by atoms with van der Waals surface area (Å²) in [5.41, 5.74) is 14.2. The van der Waals surface area contributed by atoms with Crippen LogP contribution in [0.25, 0.3) is 0 Å². The summed E-state index contributed by atoms with van der Waals surface area (Å²) in [5.74, 6) is -0.524. The van der Waals surface area contributed by atoms with Gasteiger partial charge in [0.05, 0.1) is 17.6 Å². The number of nitrogens with zero attached hydrogens (tertiary/aromatic N) is 1. The molecule has 17 heavy (non-hydrogen) atoms. The van der Waals surface area contributed by atoms with Gasteiger partial charge in [-0.1, -0.05) is 0 Å². The summed E-state index contributed by atoms with van der Waals surface area (Å²) < 4.78 is 0. The predicted octanol–water partition coefficient (Wildman–Crippen LogP) is 1.44. The lowest BCUT2D eigenvalue weighted by molar-refractivity contribution is 0.100. The van der Waals surface area contributed by atoms with E-state index in [-0.39, 0.29) is 0 Å². The van der Waals surface area contributed by atoms with Crippen LogP contribution in [-0.2, 0) is 6.54 Å². The standard InChI is InChI=1S/C11H12N4OS/c12-10-2-1-7(3-9(10)11(13)16)15-5-8-4-14-6-17-8/h1-4,6,15H,5,12H2,(H2,13,16). The zero-order valence-corrected chi connectivity index (χ0v) is 9.83. The largest absolute Gasteiger partial charge is 0.398 e. The lowest BCUT2D eigenvalue weighted by Gasteiger charge is -2.07. The van der Waals surface area contributed by atoms with Crippen LogP contribution in [0.4, 0.5) is 11.4 Å². The first-order valence-electron chi connectivity index (χ1n) is 4.97. The Labute approximate surface area is 102 Å². The Hall–Kier alpha value is -2.08. The van der Waals surface area contributed by atoms with Gasteiger partial charge in [0.2, 0.25) is 0 Å². The molecular weight excluding hydrogens is 236 g/mol. The van der Waals surface area contributed by atoms with Crippen molar-refractivity contribution < 1.29 is 4.79 Å². The first kappa shape index (κ1) is 11.4. The van der Waals surface area contributed by atoms with Crippen LogP contribution >= 0.6 is 11.3 Å². The summed E-state index contributed by atoms with van der Waals surface area (Å²) in [6, 6.07) is 5.12. The molecule has 0 unspecified atom stereocenters. The van der Waals surface area contributed by atoms with E-state index in [2.05, 4.69) is 10.3 Å². The fourth-order valence-corrected chi connectivity index (χ4v) is 1.93. The molecule has 1 amide bonds. The topological polar surface area (TPSA) is 94.0 Å². The fourth-order valence-electron chi connectivity index (χ4n) is 1.40. The quantitative estimate of drug-likeness (QED) is 0.713. The summed E-state index contributed by atoms with van der Waals surface area (Å²) in [6.45, 7) is 0.660. The van der Waals surface area contributed by atoms with Gasteiger partial charge in [0, 0.05) is 22.4 Å². The van der Waals surface area contributed by atoms with Gasteiger partial charge in [-0.15, -0.1) is 11.3 Å². The number of nitrogens with one attached hydrogen (secondary N) is 1. The number of rotatable bonds is 4. The minimum Gasteiger partial charge on any atom is -0.398 e. The van der Waals surface area contributed by atoms with E-state index in [0.717, 1.165) is 10.6 Å². The van der Waals surface area contributed by atoms with Crippen LogP contribution in [-0.4, -0.2) is 10.9 Å².